The van der Waals surface area contributed by atoms with E-state index in [-0.39, 0.29) is 0 Å². The van der Waals surface area contributed by atoms with Crippen LogP contribution in [-0.2, 0) is 7.05 Å². The summed E-state index contributed by atoms with van der Waals surface area (Å²) < 4.78 is 13.6. The quantitative estimate of drug-likeness (QED) is 0.873. The van der Waals surface area contributed by atoms with Crippen molar-refractivity contribution in [1.82, 2.24) is 9.55 Å². The number of halogens is 1. The predicted molar refractivity (Wildman–Crippen MR) is 74.2 cm³/mol. The van der Waals surface area contributed by atoms with Gasteiger partial charge in [0.25, 0.3) is 0 Å². The van der Waals surface area contributed by atoms with Crippen LogP contribution in [0.5, 0.6) is 11.5 Å². The summed E-state index contributed by atoms with van der Waals surface area (Å²) in [5, 5.41) is 0. The largest absolute Gasteiger partial charge is 0.496 e. The summed E-state index contributed by atoms with van der Waals surface area (Å²) >= 11 is 3.52. The Morgan fingerprint density at radius 1 is 1.17 bits per heavy atom. The van der Waals surface area contributed by atoms with Gasteiger partial charge in [0.2, 0.25) is 0 Å². The highest BCUT2D eigenvalue weighted by molar-refractivity contribution is 9.10. The molecule has 0 bridgehead atoms. The normalized spacial score (nSPS) is 10.5. The van der Waals surface area contributed by atoms with Crippen LogP contribution in [-0.4, -0.2) is 23.8 Å². The van der Waals surface area contributed by atoms with E-state index in [0.29, 0.717) is 0 Å². The van der Waals surface area contributed by atoms with E-state index in [1.54, 1.807) is 20.5 Å². The Hall–Kier alpha value is -1.49. The fourth-order valence-electron chi connectivity index (χ4n) is 1.83. The third-order valence-corrected chi connectivity index (χ3v) is 3.77. The standard InChI is InChI=1S/C13H15BrN2O2/c1-8-5-11(18-4)9(6-10(8)17-3)12-13(14)16(2)7-15-12/h5-7H,1-4H3. The number of aromatic nitrogens is 2. The van der Waals surface area contributed by atoms with Crippen LogP contribution in [0.15, 0.2) is 23.1 Å². The molecule has 1 heterocycles. The molecule has 5 heteroatoms. The van der Waals surface area contributed by atoms with Gasteiger partial charge in [-0.15, -0.1) is 0 Å². The summed E-state index contributed by atoms with van der Waals surface area (Å²) in [4.78, 5) is 4.38. The van der Waals surface area contributed by atoms with E-state index < -0.39 is 0 Å². The minimum atomic E-state index is 0.785. The number of nitrogens with zero attached hydrogens (tertiary/aromatic N) is 2. The van der Waals surface area contributed by atoms with Gasteiger partial charge in [0.15, 0.2) is 0 Å². The third-order valence-electron chi connectivity index (χ3n) is 2.84. The van der Waals surface area contributed by atoms with Gasteiger partial charge in [-0.25, -0.2) is 4.98 Å². The molecule has 96 valence electrons. The summed E-state index contributed by atoms with van der Waals surface area (Å²) in [6.45, 7) is 1.98. The SMILES string of the molecule is COc1cc(-c2ncn(C)c2Br)c(OC)cc1C. The minimum Gasteiger partial charge on any atom is -0.496 e. The molecular weight excluding hydrogens is 296 g/mol. The zero-order chi connectivity index (χ0) is 13.3. The van der Waals surface area contributed by atoms with Crippen molar-refractivity contribution >= 4 is 15.9 Å². The Kier molecular flexibility index (Phi) is 3.61. The first kappa shape index (κ1) is 13.0. The lowest BCUT2D eigenvalue weighted by atomic mass is 10.1. The molecule has 0 spiro atoms. The first-order valence-corrected chi connectivity index (χ1v) is 6.27. The van der Waals surface area contributed by atoms with Gasteiger partial charge in [0, 0.05) is 12.6 Å². The van der Waals surface area contributed by atoms with Crippen molar-refractivity contribution in [3.05, 3.63) is 28.6 Å². The molecule has 1 aromatic heterocycles. The number of aryl methyl sites for hydroxylation is 2. The Bertz CT molecular complexity index is 579. The topological polar surface area (TPSA) is 36.3 Å². The van der Waals surface area contributed by atoms with Crippen LogP contribution in [0.1, 0.15) is 5.56 Å². The lowest BCUT2D eigenvalue weighted by molar-refractivity contribution is 0.401. The average molecular weight is 311 g/mol. The fraction of sp³-hybridized carbons (Fsp3) is 0.308. The number of rotatable bonds is 3. The van der Waals surface area contributed by atoms with Crippen LogP contribution in [0.25, 0.3) is 11.3 Å². The van der Waals surface area contributed by atoms with Gasteiger partial charge in [-0.05, 0) is 40.5 Å². The molecule has 0 aliphatic carbocycles. The molecule has 0 unspecified atom stereocenters. The number of hydrogen-bond donors (Lipinski definition) is 0. The van der Waals surface area contributed by atoms with Gasteiger partial charge in [-0.3, -0.25) is 0 Å². The maximum absolute atomic E-state index is 5.42. The van der Waals surface area contributed by atoms with Crippen molar-refractivity contribution in [3.8, 4) is 22.8 Å². The molecule has 0 radical (unpaired) electrons. The number of imidazole rings is 1. The van der Waals surface area contributed by atoms with E-state index in [2.05, 4.69) is 20.9 Å². The van der Waals surface area contributed by atoms with Crippen molar-refractivity contribution in [2.45, 2.75) is 6.92 Å². The Morgan fingerprint density at radius 2 is 1.83 bits per heavy atom. The second-order valence-electron chi connectivity index (χ2n) is 4.02. The molecule has 4 nitrogen and oxygen atoms in total. The molecule has 0 atom stereocenters. The molecule has 0 aliphatic heterocycles. The van der Waals surface area contributed by atoms with Crippen LogP contribution < -0.4 is 9.47 Å². The molecule has 0 saturated heterocycles. The number of ether oxygens (including phenoxy) is 2. The monoisotopic (exact) mass is 310 g/mol. The molecule has 0 fully saturated rings. The highest BCUT2D eigenvalue weighted by atomic mass is 79.9. The summed E-state index contributed by atoms with van der Waals surface area (Å²) in [7, 11) is 5.24. The number of methoxy groups -OCH3 is 2. The van der Waals surface area contributed by atoms with Crippen LogP contribution >= 0.6 is 15.9 Å². The summed E-state index contributed by atoms with van der Waals surface area (Å²) in [5.41, 5.74) is 2.78. The van der Waals surface area contributed by atoms with Crippen LogP contribution in [0.2, 0.25) is 0 Å². The molecule has 0 aliphatic rings. The van der Waals surface area contributed by atoms with Crippen LogP contribution in [0, 0.1) is 6.92 Å². The Labute approximate surface area is 115 Å². The molecule has 2 aromatic rings. The summed E-state index contributed by atoms with van der Waals surface area (Å²) in [5.74, 6) is 1.61. The number of hydrogen-bond acceptors (Lipinski definition) is 3. The minimum absolute atomic E-state index is 0.785. The maximum atomic E-state index is 5.42. The molecule has 2 rings (SSSR count). The average Bonchev–Trinajstić information content (AvgIpc) is 2.70. The molecular formula is C13H15BrN2O2. The summed E-state index contributed by atoms with van der Waals surface area (Å²) in [6.07, 6.45) is 1.76. The molecule has 0 amide bonds. The Morgan fingerprint density at radius 3 is 2.33 bits per heavy atom. The first-order valence-electron chi connectivity index (χ1n) is 5.48. The highest BCUT2D eigenvalue weighted by Gasteiger charge is 2.16. The second-order valence-corrected chi connectivity index (χ2v) is 4.77. The van der Waals surface area contributed by atoms with Crippen molar-refractivity contribution in [3.63, 3.8) is 0 Å². The smallest absolute Gasteiger partial charge is 0.128 e. The van der Waals surface area contributed by atoms with E-state index in [4.69, 9.17) is 9.47 Å². The van der Waals surface area contributed by atoms with Gasteiger partial charge in [-0.2, -0.15) is 0 Å². The zero-order valence-corrected chi connectivity index (χ0v) is 12.4. The first-order chi connectivity index (χ1) is 8.58. The van der Waals surface area contributed by atoms with Gasteiger partial charge in [0.1, 0.15) is 21.8 Å². The summed E-state index contributed by atoms with van der Waals surface area (Å²) in [6, 6.07) is 3.90. The van der Waals surface area contributed by atoms with Gasteiger partial charge in [0.05, 0.1) is 20.5 Å². The predicted octanol–water partition coefficient (Wildman–Crippen LogP) is 3.18. The van der Waals surface area contributed by atoms with E-state index in [0.717, 1.165) is 32.9 Å². The lowest BCUT2D eigenvalue weighted by Crippen LogP contribution is -1.94. The van der Waals surface area contributed by atoms with E-state index in [9.17, 15) is 0 Å². The van der Waals surface area contributed by atoms with E-state index >= 15 is 0 Å². The highest BCUT2D eigenvalue weighted by Crippen LogP contribution is 2.37. The van der Waals surface area contributed by atoms with Crippen molar-refractivity contribution in [2.75, 3.05) is 14.2 Å². The number of benzene rings is 1. The molecule has 1 aromatic carbocycles. The third kappa shape index (κ3) is 2.10. The maximum Gasteiger partial charge on any atom is 0.128 e. The van der Waals surface area contributed by atoms with Crippen molar-refractivity contribution in [2.24, 2.45) is 7.05 Å². The molecule has 0 N–H and O–H groups in total. The molecule has 0 saturated carbocycles. The van der Waals surface area contributed by atoms with E-state index in [1.807, 2.05) is 30.7 Å². The van der Waals surface area contributed by atoms with Gasteiger partial charge in [-0.1, -0.05) is 0 Å². The van der Waals surface area contributed by atoms with Crippen LogP contribution in [0.4, 0.5) is 0 Å². The van der Waals surface area contributed by atoms with Crippen molar-refractivity contribution in [1.29, 1.82) is 0 Å². The van der Waals surface area contributed by atoms with Gasteiger partial charge < -0.3 is 14.0 Å². The van der Waals surface area contributed by atoms with Crippen LogP contribution in [0.3, 0.4) is 0 Å². The molecule has 18 heavy (non-hydrogen) atoms. The Balaban J connectivity index is 2.65. The lowest BCUT2D eigenvalue weighted by Gasteiger charge is -2.12. The van der Waals surface area contributed by atoms with E-state index in [1.165, 1.54) is 0 Å². The van der Waals surface area contributed by atoms with Gasteiger partial charge >= 0.3 is 0 Å². The zero-order valence-electron chi connectivity index (χ0n) is 10.8. The fourth-order valence-corrected chi connectivity index (χ4v) is 2.24. The van der Waals surface area contributed by atoms with Crippen molar-refractivity contribution < 1.29 is 9.47 Å². The second kappa shape index (κ2) is 5.02.